The normalized spacial score (nSPS) is 19.6. The van der Waals surface area contributed by atoms with Gasteiger partial charge >= 0.3 is 0 Å². The molecule has 0 saturated heterocycles. The first kappa shape index (κ1) is 14.2. The van der Waals surface area contributed by atoms with Gasteiger partial charge in [0.05, 0.1) is 7.11 Å². The van der Waals surface area contributed by atoms with Gasteiger partial charge in [-0.3, -0.25) is 4.90 Å². The van der Waals surface area contributed by atoms with Crippen LogP contribution in [0.5, 0.6) is 23.0 Å². The predicted molar refractivity (Wildman–Crippen MR) is 85.0 cm³/mol. The highest BCUT2D eigenvalue weighted by Gasteiger charge is 2.34. The fourth-order valence-corrected chi connectivity index (χ4v) is 3.81. The zero-order chi connectivity index (χ0) is 16.1. The summed E-state index contributed by atoms with van der Waals surface area (Å²) in [7, 11) is 1.56. The fourth-order valence-electron chi connectivity index (χ4n) is 3.81. The third kappa shape index (κ3) is 2.11. The van der Waals surface area contributed by atoms with Crippen molar-refractivity contribution >= 4 is 0 Å². The van der Waals surface area contributed by atoms with E-state index in [0.717, 1.165) is 41.6 Å². The van der Waals surface area contributed by atoms with Crippen LogP contribution in [0, 0.1) is 0 Å². The van der Waals surface area contributed by atoms with Crippen molar-refractivity contribution in [1.29, 1.82) is 0 Å². The number of phenols is 3. The van der Waals surface area contributed by atoms with Gasteiger partial charge < -0.3 is 20.1 Å². The van der Waals surface area contributed by atoms with Crippen molar-refractivity contribution in [2.45, 2.75) is 25.4 Å². The Kier molecular flexibility index (Phi) is 3.13. The molecule has 2 aromatic rings. The lowest BCUT2D eigenvalue weighted by atomic mass is 9.83. The minimum absolute atomic E-state index is 0.0595. The van der Waals surface area contributed by atoms with Gasteiger partial charge in [-0.25, -0.2) is 0 Å². The average Bonchev–Trinajstić information content (AvgIpc) is 2.55. The van der Waals surface area contributed by atoms with Crippen molar-refractivity contribution in [3.63, 3.8) is 0 Å². The molecule has 5 nitrogen and oxygen atoms in total. The standard InChI is InChI=1S/C18H19NO4/c1-23-17-3-2-10-6-14-12-8-16(21)15(20)7-11(12)4-5-19(14)9-13(10)18(17)22/h2-3,7-8,14,20-22H,4-6,9H2,1H3. The van der Waals surface area contributed by atoms with Crippen LogP contribution in [0.4, 0.5) is 0 Å². The summed E-state index contributed by atoms with van der Waals surface area (Å²) < 4.78 is 5.20. The van der Waals surface area contributed by atoms with E-state index in [4.69, 9.17) is 4.74 Å². The van der Waals surface area contributed by atoms with Crippen molar-refractivity contribution in [3.8, 4) is 23.0 Å². The largest absolute Gasteiger partial charge is 0.504 e. The zero-order valence-corrected chi connectivity index (χ0v) is 12.9. The molecular formula is C18H19NO4. The van der Waals surface area contributed by atoms with E-state index >= 15 is 0 Å². The van der Waals surface area contributed by atoms with Crippen molar-refractivity contribution in [1.82, 2.24) is 4.90 Å². The summed E-state index contributed by atoms with van der Waals surface area (Å²) in [6.45, 7) is 1.52. The molecule has 0 spiro atoms. The van der Waals surface area contributed by atoms with Crippen LogP contribution in [0.3, 0.4) is 0 Å². The van der Waals surface area contributed by atoms with Crippen molar-refractivity contribution in [2.24, 2.45) is 0 Å². The molecule has 1 unspecified atom stereocenters. The molecule has 23 heavy (non-hydrogen) atoms. The van der Waals surface area contributed by atoms with Crippen LogP contribution in [-0.2, 0) is 19.4 Å². The highest BCUT2D eigenvalue weighted by Crippen LogP contribution is 2.45. The summed E-state index contributed by atoms with van der Waals surface area (Å²) in [5, 5.41) is 29.9. The van der Waals surface area contributed by atoms with Crippen molar-refractivity contribution < 1.29 is 20.1 Å². The summed E-state index contributed by atoms with van der Waals surface area (Å²) >= 11 is 0. The number of methoxy groups -OCH3 is 1. The van der Waals surface area contributed by atoms with Gasteiger partial charge in [0.2, 0.25) is 0 Å². The Labute approximate surface area is 134 Å². The summed E-state index contributed by atoms with van der Waals surface area (Å²) in [6.07, 6.45) is 1.59. The van der Waals surface area contributed by atoms with Crippen LogP contribution in [0.2, 0.25) is 0 Å². The smallest absolute Gasteiger partial charge is 0.162 e. The molecule has 1 atom stereocenters. The van der Waals surface area contributed by atoms with Crippen LogP contribution in [0.1, 0.15) is 28.3 Å². The Morgan fingerprint density at radius 2 is 1.87 bits per heavy atom. The SMILES string of the molecule is COc1ccc2c(c1O)CN1CCc3cc(O)c(O)cc3C1C2. The lowest BCUT2D eigenvalue weighted by Crippen LogP contribution is -2.39. The van der Waals surface area contributed by atoms with E-state index in [2.05, 4.69) is 4.90 Å². The first-order valence-electron chi connectivity index (χ1n) is 7.75. The second kappa shape index (κ2) is 5.06. The summed E-state index contributed by atoms with van der Waals surface area (Å²) in [5.74, 6) is 0.592. The molecular weight excluding hydrogens is 294 g/mol. The summed E-state index contributed by atoms with van der Waals surface area (Å²) in [5.41, 5.74) is 4.17. The van der Waals surface area contributed by atoms with Gasteiger partial charge in [-0.15, -0.1) is 0 Å². The second-order valence-corrected chi connectivity index (χ2v) is 6.23. The Hall–Kier alpha value is -2.40. The third-order valence-corrected chi connectivity index (χ3v) is 5.04. The van der Waals surface area contributed by atoms with Crippen molar-refractivity contribution in [2.75, 3.05) is 13.7 Å². The molecule has 2 aliphatic heterocycles. The zero-order valence-electron chi connectivity index (χ0n) is 12.9. The lowest BCUT2D eigenvalue weighted by molar-refractivity contribution is 0.157. The second-order valence-electron chi connectivity index (χ2n) is 6.23. The lowest BCUT2D eigenvalue weighted by Gasteiger charge is -2.41. The summed E-state index contributed by atoms with van der Waals surface area (Å²) in [4.78, 5) is 2.31. The van der Waals surface area contributed by atoms with Gasteiger partial charge in [0, 0.05) is 24.7 Å². The van der Waals surface area contributed by atoms with E-state index in [-0.39, 0.29) is 23.3 Å². The maximum Gasteiger partial charge on any atom is 0.162 e. The van der Waals surface area contributed by atoms with E-state index < -0.39 is 0 Å². The number of hydrogen-bond acceptors (Lipinski definition) is 5. The number of fused-ring (bicyclic) bond motifs is 4. The molecule has 2 aliphatic rings. The van der Waals surface area contributed by atoms with Crippen molar-refractivity contribution in [3.05, 3.63) is 46.5 Å². The number of rotatable bonds is 1. The van der Waals surface area contributed by atoms with E-state index in [1.54, 1.807) is 25.3 Å². The molecule has 2 aromatic carbocycles. The Morgan fingerprint density at radius 3 is 2.65 bits per heavy atom. The minimum Gasteiger partial charge on any atom is -0.504 e. The van der Waals surface area contributed by atoms with E-state index in [1.165, 1.54) is 0 Å². The first-order valence-corrected chi connectivity index (χ1v) is 7.75. The Morgan fingerprint density at radius 1 is 1.09 bits per heavy atom. The molecule has 3 N–H and O–H groups in total. The van der Waals surface area contributed by atoms with E-state index in [0.29, 0.717) is 12.3 Å². The van der Waals surface area contributed by atoms with Crippen LogP contribution >= 0.6 is 0 Å². The van der Waals surface area contributed by atoms with Crippen LogP contribution in [-0.4, -0.2) is 33.9 Å². The molecule has 120 valence electrons. The molecule has 0 fully saturated rings. The maximum absolute atomic E-state index is 10.4. The number of nitrogens with zero attached hydrogens (tertiary/aromatic N) is 1. The third-order valence-electron chi connectivity index (χ3n) is 5.04. The van der Waals surface area contributed by atoms with E-state index in [9.17, 15) is 15.3 Å². The molecule has 4 rings (SSSR count). The van der Waals surface area contributed by atoms with Gasteiger partial charge in [-0.2, -0.15) is 0 Å². The maximum atomic E-state index is 10.4. The molecule has 0 aliphatic carbocycles. The van der Waals surface area contributed by atoms with Gasteiger partial charge in [0.15, 0.2) is 23.0 Å². The monoisotopic (exact) mass is 313 g/mol. The van der Waals surface area contributed by atoms with Gasteiger partial charge in [-0.05, 0) is 47.7 Å². The molecule has 0 amide bonds. The predicted octanol–water partition coefficient (Wildman–Crippen LogP) is 2.47. The number of phenolic OH excluding ortho intramolecular Hbond substituents is 3. The number of aromatic hydroxyl groups is 3. The Bertz CT molecular complexity index is 787. The molecule has 5 heteroatoms. The first-order chi connectivity index (χ1) is 11.1. The molecule has 0 saturated carbocycles. The molecule has 2 heterocycles. The number of benzene rings is 2. The molecule has 0 radical (unpaired) electrons. The highest BCUT2D eigenvalue weighted by atomic mass is 16.5. The quantitative estimate of drug-likeness (QED) is 0.705. The number of ether oxygens (including phenoxy) is 1. The highest BCUT2D eigenvalue weighted by molar-refractivity contribution is 5.53. The van der Waals surface area contributed by atoms with Crippen LogP contribution in [0.15, 0.2) is 24.3 Å². The van der Waals surface area contributed by atoms with E-state index in [1.807, 2.05) is 6.07 Å². The summed E-state index contributed by atoms with van der Waals surface area (Å²) in [6, 6.07) is 7.30. The Balaban J connectivity index is 1.78. The van der Waals surface area contributed by atoms with Crippen LogP contribution in [0.25, 0.3) is 0 Å². The van der Waals surface area contributed by atoms with Crippen LogP contribution < -0.4 is 4.74 Å². The van der Waals surface area contributed by atoms with Gasteiger partial charge in [0.25, 0.3) is 0 Å². The molecule has 0 aromatic heterocycles. The van der Waals surface area contributed by atoms with Gasteiger partial charge in [0.1, 0.15) is 0 Å². The topological polar surface area (TPSA) is 73.2 Å². The fraction of sp³-hybridized carbons (Fsp3) is 0.333. The van der Waals surface area contributed by atoms with Gasteiger partial charge in [-0.1, -0.05) is 6.07 Å². The minimum atomic E-state index is -0.0750. The number of hydrogen-bond donors (Lipinski definition) is 3. The average molecular weight is 313 g/mol. The molecule has 0 bridgehead atoms.